The Bertz CT molecular complexity index is 1070. The van der Waals surface area contributed by atoms with Crippen LogP contribution in [0.4, 0.5) is 18.9 Å². The summed E-state index contributed by atoms with van der Waals surface area (Å²) >= 11 is 1.23. The number of carbonyl (C=O) groups is 1. The van der Waals surface area contributed by atoms with Gasteiger partial charge in [-0.25, -0.2) is 4.98 Å². The Labute approximate surface area is 180 Å². The Morgan fingerprint density at radius 2 is 2.00 bits per heavy atom. The third-order valence-electron chi connectivity index (χ3n) is 4.90. The summed E-state index contributed by atoms with van der Waals surface area (Å²) in [6.45, 7) is 3.57. The summed E-state index contributed by atoms with van der Waals surface area (Å²) in [6.07, 6.45) is -4.53. The van der Waals surface area contributed by atoms with Crippen LogP contribution in [0.1, 0.15) is 27.4 Å². The van der Waals surface area contributed by atoms with Crippen molar-refractivity contribution < 1.29 is 27.1 Å². The fourth-order valence-electron chi connectivity index (χ4n) is 3.31. The minimum absolute atomic E-state index is 0.00466. The maximum Gasteiger partial charge on any atom is 0.416 e. The predicted octanol–water partition coefficient (Wildman–Crippen LogP) is 4.50. The van der Waals surface area contributed by atoms with E-state index >= 15 is 0 Å². The average molecular weight is 451 g/mol. The molecule has 1 aliphatic rings. The molecule has 0 aliphatic carbocycles. The van der Waals surface area contributed by atoms with E-state index in [-0.39, 0.29) is 17.8 Å². The lowest BCUT2D eigenvalue weighted by molar-refractivity contribution is -0.138. The maximum absolute atomic E-state index is 13.7. The first-order chi connectivity index (χ1) is 14.8. The number of morpholine rings is 1. The molecule has 31 heavy (non-hydrogen) atoms. The second-order valence-electron chi connectivity index (χ2n) is 7.07. The van der Waals surface area contributed by atoms with Crippen LogP contribution in [0, 0.1) is 6.92 Å². The van der Waals surface area contributed by atoms with E-state index in [9.17, 15) is 18.0 Å². The van der Waals surface area contributed by atoms with Crippen LogP contribution in [0.15, 0.2) is 40.1 Å². The highest BCUT2D eigenvalue weighted by Crippen LogP contribution is 2.35. The first-order valence-electron chi connectivity index (χ1n) is 9.64. The van der Waals surface area contributed by atoms with Gasteiger partial charge in [0.15, 0.2) is 10.8 Å². The van der Waals surface area contributed by atoms with Gasteiger partial charge in [0.25, 0.3) is 5.91 Å². The van der Waals surface area contributed by atoms with E-state index in [0.717, 1.165) is 11.8 Å². The lowest BCUT2D eigenvalue weighted by Gasteiger charge is -2.29. The summed E-state index contributed by atoms with van der Waals surface area (Å²) in [4.78, 5) is 18.5. The Balaban J connectivity index is 1.48. The van der Waals surface area contributed by atoms with Crippen LogP contribution in [0.25, 0.3) is 10.8 Å². The number of nitrogens with one attached hydrogen (secondary N) is 1. The number of rotatable bonds is 5. The molecule has 0 atom stereocenters. The quantitative estimate of drug-likeness (QED) is 0.619. The number of furan rings is 1. The Hall–Kier alpha value is -2.85. The number of amides is 1. The third kappa shape index (κ3) is 4.91. The van der Waals surface area contributed by atoms with Gasteiger partial charge in [-0.2, -0.15) is 13.2 Å². The summed E-state index contributed by atoms with van der Waals surface area (Å²) in [6, 6.07) is 7.72. The molecule has 1 amide bonds. The molecule has 10 heteroatoms. The topological polar surface area (TPSA) is 67.6 Å². The van der Waals surface area contributed by atoms with Crippen molar-refractivity contribution in [1.82, 2.24) is 10.3 Å². The van der Waals surface area contributed by atoms with Crippen molar-refractivity contribution >= 4 is 22.9 Å². The van der Waals surface area contributed by atoms with Crippen molar-refractivity contribution in [3.05, 3.63) is 58.3 Å². The number of carbonyl (C=O) groups excluding carboxylic acids is 1. The molecule has 1 N–H and O–H groups in total. The molecule has 164 valence electrons. The van der Waals surface area contributed by atoms with Gasteiger partial charge in [0.1, 0.15) is 11.5 Å². The molecule has 0 radical (unpaired) electrons. The number of hydrogen-bond acceptors (Lipinski definition) is 6. The first kappa shape index (κ1) is 21.4. The Morgan fingerprint density at radius 3 is 2.68 bits per heavy atom. The van der Waals surface area contributed by atoms with Crippen LogP contribution >= 0.6 is 11.3 Å². The van der Waals surface area contributed by atoms with Crippen molar-refractivity contribution in [3.63, 3.8) is 0 Å². The highest BCUT2D eigenvalue weighted by molar-refractivity contribution is 7.13. The van der Waals surface area contributed by atoms with Crippen LogP contribution in [0.5, 0.6) is 0 Å². The first-order valence-corrected chi connectivity index (χ1v) is 10.5. The van der Waals surface area contributed by atoms with Crippen LogP contribution in [-0.2, 0) is 17.5 Å². The highest BCUT2D eigenvalue weighted by atomic mass is 32.1. The average Bonchev–Trinajstić information content (AvgIpc) is 3.41. The molecule has 0 spiro atoms. The normalized spacial score (nSPS) is 14.6. The molecule has 1 aliphatic heterocycles. The van der Waals surface area contributed by atoms with Crippen molar-refractivity contribution in [3.8, 4) is 10.8 Å². The standard InChI is InChI=1S/C21H20F3N3O3S/c1-13-2-5-18(30-13)20-26-17(12-31-20)19(28)25-11-14-3-4-15(10-16(14)21(22,23)24)27-6-8-29-9-7-27/h2-5,10,12H,6-9,11H2,1H3,(H,25,28). The van der Waals surface area contributed by atoms with E-state index in [2.05, 4.69) is 10.3 Å². The summed E-state index contributed by atoms with van der Waals surface area (Å²) in [7, 11) is 0. The molecule has 1 fully saturated rings. The van der Waals surface area contributed by atoms with Gasteiger partial charge >= 0.3 is 6.18 Å². The molecule has 0 saturated carbocycles. The largest absolute Gasteiger partial charge is 0.459 e. The zero-order chi connectivity index (χ0) is 22.0. The summed E-state index contributed by atoms with van der Waals surface area (Å²) in [5, 5.41) is 4.62. The highest BCUT2D eigenvalue weighted by Gasteiger charge is 2.34. The van der Waals surface area contributed by atoms with Crippen LogP contribution < -0.4 is 10.2 Å². The monoisotopic (exact) mass is 451 g/mol. The number of hydrogen-bond donors (Lipinski definition) is 1. The van der Waals surface area contributed by atoms with Gasteiger partial charge in [0, 0.05) is 30.7 Å². The summed E-state index contributed by atoms with van der Waals surface area (Å²) in [5.74, 6) is 0.715. The van der Waals surface area contributed by atoms with Gasteiger partial charge in [-0.15, -0.1) is 11.3 Å². The maximum atomic E-state index is 13.7. The SMILES string of the molecule is Cc1ccc(-c2nc(C(=O)NCc3ccc(N4CCOCC4)cc3C(F)(F)F)cs2)o1. The van der Waals surface area contributed by atoms with E-state index in [4.69, 9.17) is 9.15 Å². The minimum Gasteiger partial charge on any atom is -0.459 e. The number of nitrogens with zero attached hydrogens (tertiary/aromatic N) is 2. The molecule has 4 rings (SSSR count). The van der Waals surface area contributed by atoms with E-state index in [1.807, 2.05) is 4.90 Å². The van der Waals surface area contributed by atoms with E-state index in [1.165, 1.54) is 17.4 Å². The van der Waals surface area contributed by atoms with Gasteiger partial charge in [-0.1, -0.05) is 6.07 Å². The van der Waals surface area contributed by atoms with E-state index in [1.54, 1.807) is 30.5 Å². The number of thiazole rings is 1. The molecule has 3 heterocycles. The predicted molar refractivity (Wildman–Crippen MR) is 110 cm³/mol. The number of alkyl halides is 3. The molecule has 2 aromatic heterocycles. The summed E-state index contributed by atoms with van der Waals surface area (Å²) in [5.41, 5.74) is -0.145. The molecule has 1 saturated heterocycles. The van der Waals surface area contributed by atoms with Crippen molar-refractivity contribution in [2.75, 3.05) is 31.2 Å². The Morgan fingerprint density at radius 1 is 1.23 bits per heavy atom. The minimum atomic E-state index is -4.53. The third-order valence-corrected chi connectivity index (χ3v) is 5.76. The van der Waals surface area contributed by atoms with Gasteiger partial charge in [-0.3, -0.25) is 4.79 Å². The molecular weight excluding hydrogens is 431 g/mol. The van der Waals surface area contributed by atoms with Crippen LogP contribution in [0.3, 0.4) is 0 Å². The van der Waals surface area contributed by atoms with Crippen molar-refractivity contribution in [2.24, 2.45) is 0 Å². The van der Waals surface area contributed by atoms with Gasteiger partial charge in [0.05, 0.1) is 18.8 Å². The molecular formula is C21H20F3N3O3S. The molecule has 0 unspecified atom stereocenters. The molecule has 3 aromatic rings. The number of ether oxygens (including phenoxy) is 1. The van der Waals surface area contributed by atoms with E-state index < -0.39 is 17.6 Å². The van der Waals surface area contributed by atoms with Gasteiger partial charge in [-0.05, 0) is 36.8 Å². The fraction of sp³-hybridized carbons (Fsp3) is 0.333. The second-order valence-corrected chi connectivity index (χ2v) is 7.93. The molecule has 6 nitrogen and oxygen atoms in total. The van der Waals surface area contributed by atoms with Gasteiger partial charge < -0.3 is 19.4 Å². The van der Waals surface area contributed by atoms with Crippen LogP contribution in [0.2, 0.25) is 0 Å². The summed E-state index contributed by atoms with van der Waals surface area (Å²) < 4.78 is 51.7. The van der Waals surface area contributed by atoms with Crippen LogP contribution in [-0.4, -0.2) is 37.2 Å². The number of aromatic nitrogens is 1. The number of halogens is 3. The Kier molecular flexibility index (Phi) is 6.01. The van der Waals surface area contributed by atoms with Crippen molar-refractivity contribution in [1.29, 1.82) is 0 Å². The molecule has 0 bridgehead atoms. The zero-order valence-corrected chi connectivity index (χ0v) is 17.5. The number of anilines is 1. The number of aryl methyl sites for hydroxylation is 1. The zero-order valence-electron chi connectivity index (χ0n) is 16.7. The lowest BCUT2D eigenvalue weighted by atomic mass is 10.0. The molecule has 1 aromatic carbocycles. The van der Waals surface area contributed by atoms with Crippen molar-refractivity contribution in [2.45, 2.75) is 19.6 Å². The smallest absolute Gasteiger partial charge is 0.416 e. The fourth-order valence-corrected chi connectivity index (χ4v) is 4.07. The number of benzene rings is 1. The second kappa shape index (κ2) is 8.72. The lowest BCUT2D eigenvalue weighted by Crippen LogP contribution is -2.36. The van der Waals surface area contributed by atoms with E-state index in [0.29, 0.717) is 42.8 Å². The van der Waals surface area contributed by atoms with Gasteiger partial charge in [0.2, 0.25) is 0 Å².